The lowest BCUT2D eigenvalue weighted by molar-refractivity contribution is -0.106. The van der Waals surface area contributed by atoms with E-state index in [2.05, 4.69) is 20.6 Å². The molecule has 0 unspecified atom stereocenters. The van der Waals surface area contributed by atoms with Gasteiger partial charge in [-0.2, -0.15) is 0 Å². The van der Waals surface area contributed by atoms with Crippen LogP contribution in [0.5, 0.6) is 0 Å². The van der Waals surface area contributed by atoms with Crippen LogP contribution in [0.4, 0.5) is 11.4 Å². The van der Waals surface area contributed by atoms with Gasteiger partial charge in [-0.15, -0.1) is 0 Å². The van der Waals surface area contributed by atoms with Crippen molar-refractivity contribution in [1.82, 2.24) is 9.97 Å². The Morgan fingerprint density at radius 1 is 0.846 bits per heavy atom. The molecule has 10 heteroatoms. The molecule has 4 aromatic rings. The fraction of sp³-hybridized carbons (Fsp3) is 0.172. The Morgan fingerprint density at radius 2 is 1.44 bits per heavy atom. The summed E-state index contributed by atoms with van der Waals surface area (Å²) < 4.78 is 10.4. The van der Waals surface area contributed by atoms with E-state index >= 15 is 0 Å². The molecule has 2 amide bonds. The fourth-order valence-corrected chi connectivity index (χ4v) is 4.25. The van der Waals surface area contributed by atoms with E-state index in [4.69, 9.17) is 21.1 Å². The highest BCUT2D eigenvalue weighted by molar-refractivity contribution is 6.36. The zero-order valence-electron chi connectivity index (χ0n) is 21.6. The van der Waals surface area contributed by atoms with Crippen molar-refractivity contribution in [3.8, 4) is 11.1 Å². The summed E-state index contributed by atoms with van der Waals surface area (Å²) in [5.74, 6) is -0.808. The highest BCUT2D eigenvalue weighted by Crippen LogP contribution is 2.37. The van der Waals surface area contributed by atoms with Crippen LogP contribution in [0.25, 0.3) is 11.1 Å². The lowest BCUT2D eigenvalue weighted by atomic mass is 9.98. The quantitative estimate of drug-likeness (QED) is 0.240. The number of hydrogen-bond acceptors (Lipinski definition) is 7. The van der Waals surface area contributed by atoms with Gasteiger partial charge in [0.05, 0.1) is 17.3 Å². The van der Waals surface area contributed by atoms with Gasteiger partial charge >= 0.3 is 0 Å². The molecule has 0 aliphatic carbocycles. The maximum absolute atomic E-state index is 12.9. The number of amides is 2. The Morgan fingerprint density at radius 3 is 2.00 bits per heavy atom. The van der Waals surface area contributed by atoms with Crippen LogP contribution in [0.1, 0.15) is 44.0 Å². The number of pyridine rings is 2. The average Bonchev–Trinajstić information content (AvgIpc) is 2.96. The van der Waals surface area contributed by atoms with Crippen LogP contribution >= 0.6 is 11.6 Å². The smallest absolute Gasteiger partial charge is 0.274 e. The summed E-state index contributed by atoms with van der Waals surface area (Å²) in [4.78, 5) is 34.0. The molecule has 2 heterocycles. The van der Waals surface area contributed by atoms with Crippen molar-refractivity contribution >= 4 is 34.8 Å². The first-order valence-corrected chi connectivity index (χ1v) is 12.3. The third kappa shape index (κ3) is 6.30. The lowest BCUT2D eigenvalue weighted by Crippen LogP contribution is -2.15. The number of ether oxygens (including phenoxy) is 2. The van der Waals surface area contributed by atoms with Crippen LogP contribution < -0.4 is 10.6 Å². The number of anilines is 2. The van der Waals surface area contributed by atoms with Crippen LogP contribution in [0, 0.1) is 6.92 Å². The van der Waals surface area contributed by atoms with Gasteiger partial charge in [0.1, 0.15) is 11.4 Å². The van der Waals surface area contributed by atoms with Crippen molar-refractivity contribution in [3.05, 3.63) is 106 Å². The summed E-state index contributed by atoms with van der Waals surface area (Å²) in [7, 11) is 3.04. The predicted octanol–water partition coefficient (Wildman–Crippen LogP) is 5.39. The number of aliphatic hydroxyl groups excluding tert-OH is 1. The molecule has 0 aliphatic rings. The Balaban J connectivity index is 1.55. The number of hydrogen-bond donors (Lipinski definition) is 3. The molecule has 0 saturated carbocycles. The van der Waals surface area contributed by atoms with Crippen LogP contribution in [-0.2, 0) is 16.1 Å². The van der Waals surface area contributed by atoms with Gasteiger partial charge in [0.25, 0.3) is 11.8 Å². The molecule has 9 nitrogen and oxygen atoms in total. The molecule has 0 aliphatic heterocycles. The van der Waals surface area contributed by atoms with E-state index in [0.717, 1.165) is 11.1 Å². The number of aromatic nitrogens is 2. The highest BCUT2D eigenvalue weighted by atomic mass is 35.5. The van der Waals surface area contributed by atoms with E-state index in [1.54, 1.807) is 48.5 Å². The topological polar surface area (TPSA) is 123 Å². The molecule has 2 aromatic heterocycles. The molecule has 0 radical (unpaired) electrons. The number of rotatable bonds is 9. The van der Waals surface area contributed by atoms with Crippen molar-refractivity contribution in [1.29, 1.82) is 0 Å². The van der Waals surface area contributed by atoms with Crippen LogP contribution in [0.2, 0.25) is 5.02 Å². The molecule has 3 N–H and O–H groups in total. The second-order valence-corrected chi connectivity index (χ2v) is 8.92. The lowest BCUT2D eigenvalue weighted by Gasteiger charge is -2.16. The van der Waals surface area contributed by atoms with Crippen LogP contribution in [0.15, 0.2) is 73.1 Å². The maximum atomic E-state index is 12.9. The van der Waals surface area contributed by atoms with Crippen LogP contribution in [-0.4, -0.2) is 41.1 Å². The average molecular weight is 547 g/mol. The molecule has 200 valence electrons. The highest BCUT2D eigenvalue weighted by Gasteiger charge is 2.17. The fourth-order valence-electron chi connectivity index (χ4n) is 3.97. The van der Waals surface area contributed by atoms with Gasteiger partial charge in [-0.05, 0) is 47.9 Å². The molecular formula is C29H27ClN4O5. The summed E-state index contributed by atoms with van der Waals surface area (Å²) in [6, 6.07) is 17.3. The number of halogens is 1. The van der Waals surface area contributed by atoms with E-state index in [0.29, 0.717) is 33.1 Å². The molecule has 0 spiro atoms. The standard InChI is InChI=1S/C29H27ClN4O5/c1-17-20(6-4-8-22(17)33-27(36)24-12-10-18(16-35)14-31-24)21-7-5-9-23(26(21)30)34-28(37)25-13-11-19(15-32-25)29(38-2)39-3/h4-15,29,35H,16H2,1-3H3,(H,33,36)(H,34,37). The Hall–Kier alpha value is -4.15. The van der Waals surface area contributed by atoms with Gasteiger partial charge in [-0.25, -0.2) is 0 Å². The molecule has 0 bridgehead atoms. The summed E-state index contributed by atoms with van der Waals surface area (Å²) in [6.45, 7) is 1.72. The Labute approximate surface area is 230 Å². The van der Waals surface area contributed by atoms with Gasteiger partial charge in [-0.3, -0.25) is 19.6 Å². The van der Waals surface area contributed by atoms with Crippen molar-refractivity contribution in [2.75, 3.05) is 24.9 Å². The molecule has 4 rings (SSSR count). The normalized spacial score (nSPS) is 10.9. The molecule has 39 heavy (non-hydrogen) atoms. The summed E-state index contributed by atoms with van der Waals surface area (Å²) in [5.41, 5.74) is 4.97. The first-order chi connectivity index (χ1) is 18.9. The summed E-state index contributed by atoms with van der Waals surface area (Å²) >= 11 is 6.75. The number of nitrogens with one attached hydrogen (secondary N) is 2. The molecule has 2 aromatic carbocycles. The minimum Gasteiger partial charge on any atom is -0.392 e. The van der Waals surface area contributed by atoms with Gasteiger partial charge in [0.15, 0.2) is 6.29 Å². The van der Waals surface area contributed by atoms with Gasteiger partial charge in [0, 0.05) is 43.4 Å². The van der Waals surface area contributed by atoms with E-state index in [1.807, 2.05) is 19.1 Å². The largest absolute Gasteiger partial charge is 0.392 e. The summed E-state index contributed by atoms with van der Waals surface area (Å²) in [6.07, 6.45) is 2.40. The third-order valence-electron chi connectivity index (χ3n) is 6.08. The predicted molar refractivity (Wildman–Crippen MR) is 149 cm³/mol. The first-order valence-electron chi connectivity index (χ1n) is 11.9. The number of carbonyl (C=O) groups excluding carboxylic acids is 2. The van der Waals surface area contributed by atoms with Crippen molar-refractivity contribution < 1.29 is 24.2 Å². The monoisotopic (exact) mass is 546 g/mol. The molecular weight excluding hydrogens is 520 g/mol. The second-order valence-electron chi connectivity index (χ2n) is 8.54. The SMILES string of the molecule is COC(OC)c1ccc(C(=O)Nc2cccc(-c3cccc(NC(=O)c4ccc(CO)cn4)c3C)c2Cl)nc1. The minimum absolute atomic E-state index is 0.150. The number of carbonyl (C=O) groups is 2. The Kier molecular flexibility index (Phi) is 9.00. The van der Waals surface area contributed by atoms with Crippen LogP contribution in [0.3, 0.4) is 0 Å². The number of aliphatic hydroxyl groups is 1. The second kappa shape index (κ2) is 12.6. The van der Waals surface area contributed by atoms with Gasteiger partial charge in [0.2, 0.25) is 0 Å². The van der Waals surface area contributed by atoms with Gasteiger partial charge < -0.3 is 25.2 Å². The van der Waals surface area contributed by atoms with E-state index < -0.39 is 12.2 Å². The molecule has 0 saturated heterocycles. The van der Waals surface area contributed by atoms with E-state index in [9.17, 15) is 14.7 Å². The first kappa shape index (κ1) is 27.9. The van der Waals surface area contributed by atoms with E-state index in [1.165, 1.54) is 26.6 Å². The van der Waals surface area contributed by atoms with E-state index in [-0.39, 0.29) is 23.9 Å². The zero-order chi connectivity index (χ0) is 27.9. The number of benzene rings is 2. The number of methoxy groups -OCH3 is 2. The minimum atomic E-state index is -0.576. The third-order valence-corrected chi connectivity index (χ3v) is 6.49. The molecule has 0 atom stereocenters. The summed E-state index contributed by atoms with van der Waals surface area (Å²) in [5, 5.41) is 15.2. The maximum Gasteiger partial charge on any atom is 0.274 e. The number of nitrogens with zero attached hydrogens (tertiary/aromatic N) is 2. The Bertz CT molecular complexity index is 1470. The zero-order valence-corrected chi connectivity index (χ0v) is 22.3. The van der Waals surface area contributed by atoms with Gasteiger partial charge in [-0.1, -0.05) is 48.0 Å². The molecule has 0 fully saturated rings. The van der Waals surface area contributed by atoms with Crippen molar-refractivity contribution in [2.24, 2.45) is 0 Å². The van der Waals surface area contributed by atoms with Crippen molar-refractivity contribution in [3.63, 3.8) is 0 Å². The van der Waals surface area contributed by atoms with Crippen molar-refractivity contribution in [2.45, 2.75) is 19.8 Å².